The molecule has 0 aliphatic rings. The number of rotatable bonds is 28. The van der Waals surface area contributed by atoms with Crippen LogP contribution in [0.3, 0.4) is 0 Å². The van der Waals surface area contributed by atoms with Crippen LogP contribution in [0.2, 0.25) is 0 Å². The average molecular weight is 887 g/mol. The molecule has 21 nitrogen and oxygen atoms in total. The highest BCUT2D eigenvalue weighted by Crippen LogP contribution is 2.14. The molecule has 6 amide bonds. The fourth-order valence-electron chi connectivity index (χ4n) is 6.14. The van der Waals surface area contributed by atoms with Gasteiger partial charge in [0.1, 0.15) is 42.0 Å². The fourth-order valence-corrected chi connectivity index (χ4v) is 6.14. The summed E-state index contributed by atoms with van der Waals surface area (Å²) in [7, 11) is 0. The smallest absolute Gasteiger partial charge is 0.328 e. The average Bonchev–Trinajstić information content (AvgIpc) is 3.24. The SMILES string of the molecule is CC[C@H](C)[C@H](N)C(=O)N[C@@H](CCCCN)C(=O)N[C@@H](CCC(=O)O)C(=O)N[C@@H](Cc1ccc(O)cc1)C(=O)N[C@@H](Cc1ccccc1)C(=O)N[C@H](C(=O)N[C@@H](CO)C(=O)O)[C@@H](C)O. The second-order valence-corrected chi connectivity index (χ2v) is 15.2. The highest BCUT2D eigenvalue weighted by atomic mass is 16.4. The molecule has 0 bridgehead atoms. The van der Waals surface area contributed by atoms with Gasteiger partial charge in [0.25, 0.3) is 0 Å². The molecular formula is C42H62N8O13. The van der Waals surface area contributed by atoms with Crippen LogP contribution in [0.5, 0.6) is 5.75 Å². The molecule has 0 saturated carbocycles. The molecule has 0 spiro atoms. The Kier molecular flexibility index (Phi) is 22.7. The van der Waals surface area contributed by atoms with E-state index in [1.54, 1.807) is 37.3 Å². The zero-order valence-corrected chi connectivity index (χ0v) is 35.6. The predicted octanol–water partition coefficient (Wildman–Crippen LogP) is -2.09. The first-order chi connectivity index (χ1) is 29.8. The van der Waals surface area contributed by atoms with E-state index in [4.69, 9.17) is 11.5 Å². The Morgan fingerprint density at radius 2 is 1.10 bits per heavy atom. The molecule has 348 valence electrons. The number of carbonyl (C=O) groups is 8. The van der Waals surface area contributed by atoms with Crippen LogP contribution in [0.25, 0.3) is 0 Å². The zero-order valence-electron chi connectivity index (χ0n) is 35.6. The van der Waals surface area contributed by atoms with E-state index in [-0.39, 0.29) is 30.9 Å². The standard InChI is InChI=1S/C42H62N8O13/c1-4-23(2)34(44)40(60)46-28(12-8-9-19-43)36(56)45-29(17-18-33(54)55)37(57)47-30(21-26-13-15-27(53)16-14-26)38(58)48-31(20-25-10-6-5-7-11-25)39(59)50-35(24(3)52)41(61)49-32(22-51)42(62)63/h5-7,10-11,13-16,23-24,28-32,34-35,51-53H,4,8-9,12,17-22,43-44H2,1-3H3,(H,45,56)(H,46,60)(H,47,57)(H,48,58)(H,49,61)(H,50,59)(H,54,55)(H,62,63)/t23-,24+,28-,29-,30-,31-,32-,34-,35-/m0/s1. The lowest BCUT2D eigenvalue weighted by molar-refractivity contribution is -0.144. The van der Waals surface area contributed by atoms with Crippen molar-refractivity contribution in [2.45, 2.75) is 121 Å². The summed E-state index contributed by atoms with van der Waals surface area (Å²) in [6.07, 6.45) is -1.53. The summed E-state index contributed by atoms with van der Waals surface area (Å²) in [6, 6.07) is 3.57. The lowest BCUT2D eigenvalue weighted by Crippen LogP contribution is -2.61. The lowest BCUT2D eigenvalue weighted by Gasteiger charge is -2.28. The Morgan fingerprint density at radius 3 is 1.59 bits per heavy atom. The number of phenolic OH excluding ortho intramolecular Hbond substituents is 1. The number of hydrogen-bond acceptors (Lipinski definition) is 13. The van der Waals surface area contributed by atoms with Gasteiger partial charge >= 0.3 is 11.9 Å². The minimum Gasteiger partial charge on any atom is -0.508 e. The number of carboxylic acids is 2. The lowest BCUT2D eigenvalue weighted by atomic mass is 9.98. The molecule has 2 aromatic rings. The summed E-state index contributed by atoms with van der Waals surface area (Å²) in [5.74, 6) is -8.81. The quantitative estimate of drug-likeness (QED) is 0.0408. The summed E-state index contributed by atoms with van der Waals surface area (Å²) in [5, 5.41) is 63.1. The van der Waals surface area contributed by atoms with Crippen molar-refractivity contribution >= 4 is 47.4 Å². The second kappa shape index (κ2) is 27.0. The summed E-state index contributed by atoms with van der Waals surface area (Å²) in [4.78, 5) is 105. The van der Waals surface area contributed by atoms with Crippen LogP contribution in [0, 0.1) is 5.92 Å². The Morgan fingerprint density at radius 1 is 0.619 bits per heavy atom. The molecule has 0 aliphatic carbocycles. The van der Waals surface area contributed by atoms with E-state index in [2.05, 4.69) is 26.6 Å². The summed E-state index contributed by atoms with van der Waals surface area (Å²) in [5.41, 5.74) is 12.7. The van der Waals surface area contributed by atoms with E-state index in [0.717, 1.165) is 6.92 Å². The maximum absolute atomic E-state index is 14.3. The van der Waals surface area contributed by atoms with E-state index in [1.807, 2.05) is 12.2 Å². The molecule has 0 radical (unpaired) electrons. The van der Waals surface area contributed by atoms with Gasteiger partial charge in [0, 0.05) is 19.3 Å². The molecular weight excluding hydrogens is 825 g/mol. The number of phenols is 1. The van der Waals surface area contributed by atoms with Gasteiger partial charge in [-0.3, -0.25) is 33.6 Å². The molecule has 0 unspecified atom stereocenters. The Hall–Kier alpha value is -6.16. The van der Waals surface area contributed by atoms with Crippen LogP contribution < -0.4 is 43.4 Å². The largest absolute Gasteiger partial charge is 0.508 e. The molecule has 63 heavy (non-hydrogen) atoms. The monoisotopic (exact) mass is 886 g/mol. The van der Waals surface area contributed by atoms with Gasteiger partial charge in [-0.1, -0.05) is 62.7 Å². The number of nitrogens with one attached hydrogen (secondary N) is 6. The number of carboxylic acid groups (broad SMARTS) is 2. The van der Waals surface area contributed by atoms with Gasteiger partial charge in [-0.25, -0.2) is 4.79 Å². The van der Waals surface area contributed by atoms with Gasteiger partial charge in [-0.2, -0.15) is 0 Å². The van der Waals surface area contributed by atoms with Crippen LogP contribution in [0.1, 0.15) is 70.4 Å². The van der Waals surface area contributed by atoms with E-state index >= 15 is 0 Å². The van der Waals surface area contributed by atoms with Crippen molar-refractivity contribution in [3.63, 3.8) is 0 Å². The maximum Gasteiger partial charge on any atom is 0.328 e. The first-order valence-electron chi connectivity index (χ1n) is 20.6. The fraction of sp³-hybridized carbons (Fsp3) is 0.524. The van der Waals surface area contributed by atoms with Crippen LogP contribution in [0.4, 0.5) is 0 Å². The van der Waals surface area contributed by atoms with E-state index in [0.29, 0.717) is 36.9 Å². The number of aliphatic carboxylic acids is 2. The number of amides is 6. The summed E-state index contributed by atoms with van der Waals surface area (Å²) < 4.78 is 0. The number of hydrogen-bond donors (Lipinski definition) is 13. The number of aliphatic hydroxyl groups excluding tert-OH is 2. The van der Waals surface area contributed by atoms with Crippen molar-refractivity contribution in [1.29, 1.82) is 0 Å². The maximum atomic E-state index is 14.3. The minimum absolute atomic E-state index is 0.102. The van der Waals surface area contributed by atoms with Gasteiger partial charge in [0.2, 0.25) is 35.4 Å². The molecule has 2 rings (SSSR count). The number of aromatic hydroxyl groups is 1. The zero-order chi connectivity index (χ0) is 47.2. The highest BCUT2D eigenvalue weighted by molar-refractivity contribution is 5.97. The van der Waals surface area contributed by atoms with Crippen molar-refractivity contribution < 1.29 is 63.9 Å². The molecule has 0 fully saturated rings. The normalized spacial score (nSPS) is 15.3. The molecule has 2 aromatic carbocycles. The minimum atomic E-state index is -1.77. The van der Waals surface area contributed by atoms with Crippen LogP contribution in [0.15, 0.2) is 54.6 Å². The first kappa shape index (κ1) is 53.0. The Bertz CT molecular complexity index is 1830. The van der Waals surface area contributed by atoms with Crippen LogP contribution in [-0.4, -0.2) is 134 Å². The summed E-state index contributed by atoms with van der Waals surface area (Å²) >= 11 is 0. The van der Waals surface area contributed by atoms with E-state index in [1.165, 1.54) is 24.3 Å². The van der Waals surface area contributed by atoms with Gasteiger partial charge in [0.15, 0.2) is 0 Å². The Labute approximate surface area is 365 Å². The third-order valence-corrected chi connectivity index (χ3v) is 10.2. The third kappa shape index (κ3) is 18.4. The number of aliphatic hydroxyl groups is 2. The van der Waals surface area contributed by atoms with Gasteiger partial charge in [0.05, 0.1) is 18.8 Å². The molecule has 0 saturated heterocycles. The third-order valence-electron chi connectivity index (χ3n) is 10.2. The van der Waals surface area contributed by atoms with Crippen molar-refractivity contribution in [3.05, 3.63) is 65.7 Å². The number of carbonyl (C=O) groups excluding carboxylic acids is 6. The molecule has 15 N–H and O–H groups in total. The van der Waals surface area contributed by atoms with Crippen LogP contribution >= 0.6 is 0 Å². The predicted molar refractivity (Wildman–Crippen MR) is 227 cm³/mol. The summed E-state index contributed by atoms with van der Waals surface area (Å²) in [6.45, 7) is 4.06. The molecule has 0 aromatic heterocycles. The van der Waals surface area contributed by atoms with E-state index < -0.39 is 115 Å². The van der Waals surface area contributed by atoms with E-state index in [9.17, 15) is 63.9 Å². The van der Waals surface area contributed by atoms with Gasteiger partial charge < -0.3 is 68.9 Å². The topological polar surface area (TPSA) is 362 Å². The number of unbranched alkanes of at least 4 members (excludes halogenated alkanes) is 1. The highest BCUT2D eigenvalue weighted by Gasteiger charge is 2.35. The molecule has 21 heteroatoms. The van der Waals surface area contributed by atoms with Gasteiger partial charge in [-0.15, -0.1) is 0 Å². The second-order valence-electron chi connectivity index (χ2n) is 15.2. The van der Waals surface area contributed by atoms with Crippen LogP contribution in [-0.2, 0) is 51.2 Å². The number of nitrogens with two attached hydrogens (primary N) is 2. The van der Waals surface area contributed by atoms with Crippen molar-refractivity contribution in [3.8, 4) is 5.75 Å². The molecule has 0 aliphatic heterocycles. The Balaban J connectivity index is 2.52. The first-order valence-corrected chi connectivity index (χ1v) is 20.6. The number of benzene rings is 2. The van der Waals surface area contributed by atoms with Crippen molar-refractivity contribution in [2.75, 3.05) is 13.2 Å². The van der Waals surface area contributed by atoms with Crippen molar-refractivity contribution in [2.24, 2.45) is 17.4 Å². The van der Waals surface area contributed by atoms with Gasteiger partial charge in [-0.05, 0) is 68.3 Å². The van der Waals surface area contributed by atoms with Crippen molar-refractivity contribution in [1.82, 2.24) is 31.9 Å². The molecule has 0 heterocycles. The molecule has 9 atom stereocenters.